The SMILES string of the molecule is COc1cc(CC#N)c(Br)c2ccoc12. The number of furan rings is 1. The normalized spacial score (nSPS) is 10.2. The second-order valence-electron chi connectivity index (χ2n) is 3.05. The molecule has 0 aliphatic carbocycles. The summed E-state index contributed by atoms with van der Waals surface area (Å²) < 4.78 is 11.4. The van der Waals surface area contributed by atoms with Crippen LogP contribution in [0.2, 0.25) is 0 Å². The van der Waals surface area contributed by atoms with Gasteiger partial charge in [-0.1, -0.05) is 0 Å². The number of nitrogens with zero attached hydrogens (tertiary/aromatic N) is 1. The highest BCUT2D eigenvalue weighted by molar-refractivity contribution is 9.10. The van der Waals surface area contributed by atoms with Crippen molar-refractivity contribution in [1.82, 2.24) is 0 Å². The molecule has 0 aliphatic heterocycles. The Morgan fingerprint density at radius 1 is 1.60 bits per heavy atom. The Morgan fingerprint density at radius 2 is 2.40 bits per heavy atom. The Bertz CT molecular complexity index is 539. The lowest BCUT2D eigenvalue weighted by Gasteiger charge is -2.06. The lowest BCUT2D eigenvalue weighted by atomic mass is 10.1. The first kappa shape index (κ1) is 10.1. The van der Waals surface area contributed by atoms with Gasteiger partial charge in [0.1, 0.15) is 0 Å². The van der Waals surface area contributed by atoms with E-state index in [-0.39, 0.29) is 0 Å². The Balaban J connectivity index is 2.74. The molecular formula is C11H8BrNO2. The average Bonchev–Trinajstić information content (AvgIpc) is 2.71. The van der Waals surface area contributed by atoms with Crippen LogP contribution in [0.5, 0.6) is 5.75 Å². The van der Waals surface area contributed by atoms with E-state index in [0.717, 1.165) is 15.4 Å². The number of hydrogen-bond acceptors (Lipinski definition) is 3. The summed E-state index contributed by atoms with van der Waals surface area (Å²) in [5.41, 5.74) is 1.61. The zero-order chi connectivity index (χ0) is 10.8. The molecule has 2 aromatic rings. The van der Waals surface area contributed by atoms with E-state index in [0.29, 0.717) is 17.8 Å². The van der Waals surface area contributed by atoms with Gasteiger partial charge in [-0.3, -0.25) is 0 Å². The molecule has 0 saturated carbocycles. The van der Waals surface area contributed by atoms with Gasteiger partial charge >= 0.3 is 0 Å². The summed E-state index contributed by atoms with van der Waals surface area (Å²) >= 11 is 3.46. The lowest BCUT2D eigenvalue weighted by Crippen LogP contribution is -1.89. The summed E-state index contributed by atoms with van der Waals surface area (Å²) in [6.45, 7) is 0. The molecule has 4 heteroatoms. The highest BCUT2D eigenvalue weighted by atomic mass is 79.9. The van der Waals surface area contributed by atoms with Crippen molar-refractivity contribution in [3.8, 4) is 11.8 Å². The minimum atomic E-state index is 0.345. The third-order valence-electron chi connectivity index (χ3n) is 2.20. The standard InChI is InChI=1S/C11H8BrNO2/c1-14-9-6-7(2-4-13)10(12)8-3-5-15-11(8)9/h3,5-6H,2H2,1H3. The molecular weight excluding hydrogens is 258 g/mol. The quantitative estimate of drug-likeness (QED) is 0.837. The summed E-state index contributed by atoms with van der Waals surface area (Å²) in [5, 5.41) is 9.63. The molecule has 15 heavy (non-hydrogen) atoms. The average molecular weight is 266 g/mol. The summed E-state index contributed by atoms with van der Waals surface area (Å²) in [7, 11) is 1.58. The van der Waals surface area contributed by atoms with Crippen LogP contribution in [0.25, 0.3) is 11.0 Å². The van der Waals surface area contributed by atoms with Crippen LogP contribution in [0.4, 0.5) is 0 Å². The molecule has 0 N–H and O–H groups in total. The molecule has 1 aromatic carbocycles. The number of methoxy groups -OCH3 is 1. The summed E-state index contributed by atoms with van der Waals surface area (Å²) in [6.07, 6.45) is 1.95. The van der Waals surface area contributed by atoms with E-state index < -0.39 is 0 Å². The molecule has 1 heterocycles. The van der Waals surface area contributed by atoms with Gasteiger partial charge in [0, 0.05) is 9.86 Å². The van der Waals surface area contributed by atoms with Crippen LogP contribution in [-0.2, 0) is 6.42 Å². The van der Waals surface area contributed by atoms with Gasteiger partial charge in [0.25, 0.3) is 0 Å². The van der Waals surface area contributed by atoms with Crippen LogP contribution in [0.1, 0.15) is 5.56 Å². The van der Waals surface area contributed by atoms with Crippen molar-refractivity contribution in [3.05, 3.63) is 28.4 Å². The van der Waals surface area contributed by atoms with E-state index in [1.165, 1.54) is 0 Å². The topological polar surface area (TPSA) is 46.2 Å². The van der Waals surface area contributed by atoms with Crippen molar-refractivity contribution in [2.45, 2.75) is 6.42 Å². The van der Waals surface area contributed by atoms with Crippen molar-refractivity contribution >= 4 is 26.9 Å². The summed E-state index contributed by atoms with van der Waals surface area (Å²) in [5.74, 6) is 0.656. The second-order valence-corrected chi connectivity index (χ2v) is 3.84. The maximum atomic E-state index is 8.70. The molecule has 0 amide bonds. The van der Waals surface area contributed by atoms with Gasteiger partial charge in [-0.25, -0.2) is 0 Å². The minimum Gasteiger partial charge on any atom is -0.493 e. The van der Waals surface area contributed by atoms with E-state index in [1.807, 2.05) is 12.1 Å². The Hall–Kier alpha value is -1.47. The van der Waals surface area contributed by atoms with Crippen molar-refractivity contribution in [2.75, 3.05) is 7.11 Å². The van der Waals surface area contributed by atoms with E-state index in [1.54, 1.807) is 13.4 Å². The molecule has 3 nitrogen and oxygen atoms in total. The molecule has 0 fully saturated rings. The molecule has 76 valence electrons. The molecule has 0 bridgehead atoms. The van der Waals surface area contributed by atoms with Gasteiger partial charge in [-0.2, -0.15) is 5.26 Å². The molecule has 1 aromatic heterocycles. The smallest absolute Gasteiger partial charge is 0.176 e. The lowest BCUT2D eigenvalue weighted by molar-refractivity contribution is 0.410. The Labute approximate surface area is 95.4 Å². The first-order chi connectivity index (χ1) is 7.27. The largest absolute Gasteiger partial charge is 0.493 e. The molecule has 0 aliphatic rings. The van der Waals surface area contributed by atoms with Crippen molar-refractivity contribution < 1.29 is 9.15 Å². The summed E-state index contributed by atoms with van der Waals surface area (Å²) in [6, 6.07) is 5.79. The molecule has 2 rings (SSSR count). The molecule has 0 spiro atoms. The predicted molar refractivity (Wildman–Crippen MR) is 59.8 cm³/mol. The maximum Gasteiger partial charge on any atom is 0.176 e. The number of ether oxygens (including phenoxy) is 1. The molecule has 0 atom stereocenters. The fourth-order valence-electron chi connectivity index (χ4n) is 1.50. The highest BCUT2D eigenvalue weighted by Crippen LogP contribution is 2.35. The number of halogens is 1. The van der Waals surface area contributed by atoms with Crippen LogP contribution in [-0.4, -0.2) is 7.11 Å². The van der Waals surface area contributed by atoms with Gasteiger partial charge in [0.15, 0.2) is 11.3 Å². The zero-order valence-electron chi connectivity index (χ0n) is 8.08. The number of rotatable bonds is 2. The molecule has 0 radical (unpaired) electrons. The number of nitriles is 1. The number of hydrogen-bond donors (Lipinski definition) is 0. The molecule has 0 unspecified atom stereocenters. The second kappa shape index (κ2) is 3.95. The van der Waals surface area contributed by atoms with Crippen molar-refractivity contribution in [1.29, 1.82) is 5.26 Å². The number of benzene rings is 1. The van der Waals surface area contributed by atoms with Crippen LogP contribution < -0.4 is 4.74 Å². The zero-order valence-corrected chi connectivity index (χ0v) is 9.67. The van der Waals surface area contributed by atoms with Crippen molar-refractivity contribution in [2.24, 2.45) is 0 Å². The van der Waals surface area contributed by atoms with Crippen LogP contribution in [0.3, 0.4) is 0 Å². The van der Waals surface area contributed by atoms with E-state index >= 15 is 0 Å². The highest BCUT2D eigenvalue weighted by Gasteiger charge is 2.12. The van der Waals surface area contributed by atoms with E-state index in [2.05, 4.69) is 22.0 Å². The Kier molecular flexibility index (Phi) is 2.65. The fraction of sp³-hybridized carbons (Fsp3) is 0.182. The third-order valence-corrected chi connectivity index (χ3v) is 3.14. The first-order valence-corrected chi connectivity index (χ1v) is 5.16. The van der Waals surface area contributed by atoms with Gasteiger partial charge < -0.3 is 9.15 Å². The molecule has 0 saturated heterocycles. The minimum absolute atomic E-state index is 0.345. The van der Waals surface area contributed by atoms with Crippen LogP contribution in [0.15, 0.2) is 27.3 Å². The van der Waals surface area contributed by atoms with Gasteiger partial charge in [-0.15, -0.1) is 0 Å². The third kappa shape index (κ3) is 1.59. The van der Waals surface area contributed by atoms with Gasteiger partial charge in [0.05, 0.1) is 25.9 Å². The van der Waals surface area contributed by atoms with Crippen LogP contribution >= 0.6 is 15.9 Å². The van der Waals surface area contributed by atoms with Gasteiger partial charge in [0.2, 0.25) is 0 Å². The first-order valence-electron chi connectivity index (χ1n) is 4.37. The Morgan fingerprint density at radius 3 is 3.07 bits per heavy atom. The monoisotopic (exact) mass is 265 g/mol. The van der Waals surface area contributed by atoms with E-state index in [9.17, 15) is 0 Å². The van der Waals surface area contributed by atoms with E-state index in [4.69, 9.17) is 14.4 Å². The number of fused-ring (bicyclic) bond motifs is 1. The summed E-state index contributed by atoms with van der Waals surface area (Å²) in [4.78, 5) is 0. The predicted octanol–water partition coefficient (Wildman–Crippen LogP) is 3.27. The maximum absolute atomic E-state index is 8.70. The fourth-order valence-corrected chi connectivity index (χ4v) is 2.07. The van der Waals surface area contributed by atoms with Crippen molar-refractivity contribution in [3.63, 3.8) is 0 Å². The van der Waals surface area contributed by atoms with Crippen LogP contribution in [0, 0.1) is 11.3 Å². The van der Waals surface area contributed by atoms with Gasteiger partial charge in [-0.05, 0) is 33.6 Å².